The molecule has 0 bridgehead atoms. The molecule has 0 amide bonds. The Kier molecular flexibility index (Phi) is 2.05. The van der Waals surface area contributed by atoms with Gasteiger partial charge in [0.15, 0.2) is 5.76 Å². The molecule has 0 aromatic heterocycles. The molecule has 0 N–H and O–H groups in total. The molecule has 3 heterocycles. The summed E-state index contributed by atoms with van der Waals surface area (Å²) in [5.41, 5.74) is 0.827. The lowest BCUT2D eigenvalue weighted by molar-refractivity contribution is -0.111. The van der Waals surface area contributed by atoms with Crippen molar-refractivity contribution in [1.82, 2.24) is 5.06 Å². The van der Waals surface area contributed by atoms with Gasteiger partial charge in [-0.15, -0.1) is 0 Å². The van der Waals surface area contributed by atoms with Gasteiger partial charge in [0, 0.05) is 5.56 Å². The van der Waals surface area contributed by atoms with Crippen molar-refractivity contribution in [2.75, 3.05) is 6.61 Å². The number of hydrogen-bond donors (Lipinski definition) is 0. The predicted octanol–water partition coefficient (Wildman–Crippen LogP) is 2.42. The highest BCUT2D eigenvalue weighted by atomic mass is 19.1. The highest BCUT2D eigenvalue weighted by Crippen LogP contribution is 2.41. The Hall–Kier alpha value is -2.21. The molecular formula is C13H8F2N2O2. The quantitative estimate of drug-likeness (QED) is 0.779. The van der Waals surface area contributed by atoms with Crippen molar-refractivity contribution in [1.29, 1.82) is 0 Å². The lowest BCUT2D eigenvalue weighted by Crippen LogP contribution is -2.40. The zero-order chi connectivity index (χ0) is 13.0. The van der Waals surface area contributed by atoms with E-state index in [1.165, 1.54) is 5.06 Å². The van der Waals surface area contributed by atoms with Crippen molar-refractivity contribution in [3.63, 3.8) is 0 Å². The fourth-order valence-electron chi connectivity index (χ4n) is 2.22. The first-order chi connectivity index (χ1) is 9.24. The number of fused-ring (bicyclic) bond motifs is 3. The van der Waals surface area contributed by atoms with Crippen LogP contribution in [-0.2, 0) is 9.57 Å². The third-order valence-electron chi connectivity index (χ3n) is 3.12. The van der Waals surface area contributed by atoms with E-state index in [2.05, 4.69) is 4.99 Å². The van der Waals surface area contributed by atoms with E-state index in [1.807, 2.05) is 12.2 Å². The van der Waals surface area contributed by atoms with Crippen LogP contribution in [0.4, 0.5) is 8.78 Å². The molecule has 0 fully saturated rings. The Morgan fingerprint density at radius 3 is 3.11 bits per heavy atom. The summed E-state index contributed by atoms with van der Waals surface area (Å²) >= 11 is 0. The van der Waals surface area contributed by atoms with Gasteiger partial charge in [0.1, 0.15) is 23.9 Å². The molecule has 3 aliphatic rings. The standard InChI is InChI=1S/C13H8F2N2O2/c14-7-3-4-9(15)8(6-7)13-16-12-11-10(17(12)19-13)2-1-5-18-11/h1-4,6,13H,5H2. The number of aliphatic imine (C=N–C) groups is 1. The highest BCUT2D eigenvalue weighted by Gasteiger charge is 2.44. The van der Waals surface area contributed by atoms with Crippen LogP contribution in [0.2, 0.25) is 0 Å². The molecule has 4 rings (SSSR count). The zero-order valence-corrected chi connectivity index (χ0v) is 9.64. The maximum Gasteiger partial charge on any atom is 0.206 e. The average Bonchev–Trinajstić information content (AvgIpc) is 2.79. The number of rotatable bonds is 1. The summed E-state index contributed by atoms with van der Waals surface area (Å²) in [6.07, 6.45) is 2.81. The second-order valence-electron chi connectivity index (χ2n) is 4.30. The molecule has 1 aromatic carbocycles. The minimum Gasteiger partial charge on any atom is -0.483 e. The van der Waals surface area contributed by atoms with Crippen LogP contribution in [0.15, 0.2) is 46.8 Å². The number of halogens is 2. The van der Waals surface area contributed by atoms with Crippen LogP contribution in [0.3, 0.4) is 0 Å². The van der Waals surface area contributed by atoms with Crippen molar-refractivity contribution in [2.24, 2.45) is 4.99 Å². The van der Waals surface area contributed by atoms with Crippen LogP contribution >= 0.6 is 0 Å². The van der Waals surface area contributed by atoms with Gasteiger partial charge in [-0.3, -0.25) is 0 Å². The predicted molar refractivity (Wildman–Crippen MR) is 61.6 cm³/mol. The SMILES string of the molecule is Fc1ccc(F)c(C2N=C3C4=C(C=CCO4)N3O2)c1. The summed E-state index contributed by atoms with van der Waals surface area (Å²) in [7, 11) is 0. The van der Waals surface area contributed by atoms with Gasteiger partial charge in [-0.05, 0) is 30.4 Å². The van der Waals surface area contributed by atoms with Crippen molar-refractivity contribution in [3.05, 3.63) is 59.0 Å². The van der Waals surface area contributed by atoms with Crippen LogP contribution in [0, 0.1) is 11.6 Å². The second-order valence-corrected chi connectivity index (χ2v) is 4.30. The first-order valence-corrected chi connectivity index (χ1v) is 5.78. The summed E-state index contributed by atoms with van der Waals surface area (Å²) in [5, 5.41) is 1.47. The number of hydrogen-bond acceptors (Lipinski definition) is 4. The van der Waals surface area contributed by atoms with Crippen LogP contribution in [0.5, 0.6) is 0 Å². The van der Waals surface area contributed by atoms with Gasteiger partial charge in [0.2, 0.25) is 12.1 Å². The van der Waals surface area contributed by atoms with Gasteiger partial charge in [-0.25, -0.2) is 18.6 Å². The molecule has 0 radical (unpaired) electrons. The van der Waals surface area contributed by atoms with Crippen LogP contribution in [-0.4, -0.2) is 17.5 Å². The van der Waals surface area contributed by atoms with Gasteiger partial charge >= 0.3 is 0 Å². The lowest BCUT2D eigenvalue weighted by Gasteiger charge is -2.33. The van der Waals surface area contributed by atoms with Crippen molar-refractivity contribution < 1.29 is 18.4 Å². The first-order valence-electron chi connectivity index (χ1n) is 5.78. The van der Waals surface area contributed by atoms with Crippen LogP contribution < -0.4 is 0 Å². The minimum absolute atomic E-state index is 0.0730. The zero-order valence-electron chi connectivity index (χ0n) is 9.64. The molecule has 0 saturated carbocycles. The van der Waals surface area contributed by atoms with E-state index in [0.717, 1.165) is 23.9 Å². The smallest absolute Gasteiger partial charge is 0.206 e. The van der Waals surface area contributed by atoms with Crippen molar-refractivity contribution in [2.45, 2.75) is 6.23 Å². The molecular weight excluding hydrogens is 254 g/mol. The first kappa shape index (κ1) is 10.7. The largest absolute Gasteiger partial charge is 0.483 e. The molecule has 1 aromatic rings. The van der Waals surface area contributed by atoms with Gasteiger partial charge in [0.25, 0.3) is 0 Å². The van der Waals surface area contributed by atoms with E-state index in [0.29, 0.717) is 18.2 Å². The number of allylic oxidation sites excluding steroid dienone is 1. The molecule has 96 valence electrons. The van der Waals surface area contributed by atoms with Crippen molar-refractivity contribution in [3.8, 4) is 0 Å². The Balaban J connectivity index is 1.68. The van der Waals surface area contributed by atoms with E-state index in [1.54, 1.807) is 0 Å². The molecule has 1 atom stereocenters. The summed E-state index contributed by atoms with van der Waals surface area (Å²) in [5.74, 6) is 0.0887. The summed E-state index contributed by atoms with van der Waals surface area (Å²) in [6, 6.07) is 3.21. The third kappa shape index (κ3) is 1.43. The number of nitrogens with zero attached hydrogens (tertiary/aromatic N) is 2. The normalized spacial score (nSPS) is 23.6. The van der Waals surface area contributed by atoms with Crippen molar-refractivity contribution >= 4 is 5.84 Å². The fraction of sp³-hybridized carbons (Fsp3) is 0.154. The maximum atomic E-state index is 13.7. The number of hydroxylamine groups is 2. The maximum absolute atomic E-state index is 13.7. The van der Waals surface area contributed by atoms with Gasteiger partial charge in [-0.2, -0.15) is 5.06 Å². The molecule has 4 nitrogen and oxygen atoms in total. The average molecular weight is 262 g/mol. The van der Waals surface area contributed by atoms with E-state index in [-0.39, 0.29) is 5.56 Å². The monoisotopic (exact) mass is 262 g/mol. The molecule has 0 aliphatic carbocycles. The number of benzene rings is 1. The Morgan fingerprint density at radius 1 is 1.32 bits per heavy atom. The molecule has 3 aliphatic heterocycles. The Bertz CT molecular complexity index is 667. The summed E-state index contributed by atoms with van der Waals surface area (Å²) in [6.45, 7) is 0.477. The molecule has 0 spiro atoms. The van der Waals surface area contributed by atoms with Gasteiger partial charge in [0.05, 0.1) is 0 Å². The number of amidine groups is 1. The molecule has 1 unspecified atom stereocenters. The third-order valence-corrected chi connectivity index (χ3v) is 3.12. The van der Waals surface area contributed by atoms with Crippen LogP contribution in [0.1, 0.15) is 11.8 Å². The Morgan fingerprint density at radius 2 is 2.21 bits per heavy atom. The van der Waals surface area contributed by atoms with E-state index < -0.39 is 17.9 Å². The Labute approximate surface area is 107 Å². The van der Waals surface area contributed by atoms with Gasteiger partial charge < -0.3 is 4.74 Å². The van der Waals surface area contributed by atoms with Crippen LogP contribution in [0.25, 0.3) is 0 Å². The highest BCUT2D eigenvalue weighted by molar-refractivity contribution is 6.05. The summed E-state index contributed by atoms with van der Waals surface area (Å²) in [4.78, 5) is 9.70. The van der Waals surface area contributed by atoms with E-state index >= 15 is 0 Å². The van der Waals surface area contributed by atoms with E-state index in [4.69, 9.17) is 9.57 Å². The fourth-order valence-corrected chi connectivity index (χ4v) is 2.22. The molecule has 6 heteroatoms. The summed E-state index contributed by atoms with van der Waals surface area (Å²) < 4.78 is 32.3. The number of ether oxygens (including phenoxy) is 1. The topological polar surface area (TPSA) is 34.1 Å². The lowest BCUT2D eigenvalue weighted by atomic mass is 10.1. The minimum atomic E-state index is -0.881. The van der Waals surface area contributed by atoms with Gasteiger partial charge in [-0.1, -0.05) is 0 Å². The molecule has 19 heavy (non-hydrogen) atoms. The van der Waals surface area contributed by atoms with E-state index in [9.17, 15) is 8.78 Å². The second kappa shape index (κ2) is 3.64. The molecule has 0 saturated heterocycles.